The van der Waals surface area contributed by atoms with Crippen molar-refractivity contribution in [2.24, 2.45) is 0 Å². The lowest BCUT2D eigenvalue weighted by atomic mass is 9.97. The molecular weight excluding hydrogens is 328 g/mol. The van der Waals surface area contributed by atoms with Crippen LogP contribution in [0.5, 0.6) is 0 Å². The van der Waals surface area contributed by atoms with E-state index < -0.39 is 0 Å². The lowest BCUT2D eigenvalue weighted by molar-refractivity contribution is -0.114. The van der Waals surface area contributed by atoms with Gasteiger partial charge in [-0.25, -0.2) is 0 Å². The van der Waals surface area contributed by atoms with E-state index in [0.29, 0.717) is 11.8 Å². The third kappa shape index (κ3) is 5.54. The molecule has 1 heterocycles. The molecule has 3 rings (SSSR count). The summed E-state index contributed by atoms with van der Waals surface area (Å²) in [6.07, 6.45) is 9.97. The molecule has 0 spiro atoms. The molecule has 7 heteroatoms. The van der Waals surface area contributed by atoms with Gasteiger partial charge in [-0.15, -0.1) is 5.10 Å². The zero-order valence-corrected chi connectivity index (χ0v) is 15.0. The number of amides is 1. The van der Waals surface area contributed by atoms with Crippen LogP contribution in [-0.2, 0) is 4.79 Å². The number of rotatable bonds is 7. The van der Waals surface area contributed by atoms with Crippen molar-refractivity contribution in [3.63, 3.8) is 0 Å². The highest BCUT2D eigenvalue weighted by Gasteiger charge is 2.05. The highest BCUT2D eigenvalue weighted by atomic mass is 16.1. The summed E-state index contributed by atoms with van der Waals surface area (Å²) in [5.74, 6) is 1.04. The van der Waals surface area contributed by atoms with E-state index in [2.05, 4.69) is 37.2 Å². The second-order valence-corrected chi connectivity index (χ2v) is 6.33. The van der Waals surface area contributed by atoms with Gasteiger partial charge in [-0.05, 0) is 56.4 Å². The van der Waals surface area contributed by atoms with E-state index in [-0.39, 0.29) is 5.91 Å². The van der Waals surface area contributed by atoms with Crippen molar-refractivity contribution in [1.82, 2.24) is 15.2 Å². The normalized spacial score (nSPS) is 13.7. The fraction of sp³-hybridized carbons (Fsp3) is 0.368. The first-order chi connectivity index (χ1) is 12.7. The van der Waals surface area contributed by atoms with E-state index in [4.69, 9.17) is 0 Å². The van der Waals surface area contributed by atoms with Crippen LogP contribution >= 0.6 is 0 Å². The zero-order valence-electron chi connectivity index (χ0n) is 15.0. The van der Waals surface area contributed by atoms with Crippen molar-refractivity contribution >= 4 is 29.0 Å². The minimum absolute atomic E-state index is 0.0922. The van der Waals surface area contributed by atoms with Crippen molar-refractivity contribution in [3.8, 4) is 0 Å². The predicted octanol–water partition coefficient (Wildman–Crippen LogP) is 3.88. The summed E-state index contributed by atoms with van der Waals surface area (Å²) in [6, 6.07) is 7.40. The standard InChI is InChI=1S/C19H24N6O/c1-14(26)22-16-7-9-17(10-8-16)23-18-13-21-25-19(24-18)20-12-11-15-5-3-2-4-6-15/h5,7-10,13H,2-4,6,11-12H2,1H3,(H,22,26)(H2,20,23,24,25). The van der Waals surface area contributed by atoms with Crippen LogP contribution in [0.4, 0.5) is 23.1 Å². The van der Waals surface area contributed by atoms with Crippen LogP contribution < -0.4 is 16.0 Å². The van der Waals surface area contributed by atoms with E-state index in [1.165, 1.54) is 38.2 Å². The lowest BCUT2D eigenvalue weighted by Crippen LogP contribution is -2.09. The molecule has 1 aromatic carbocycles. The zero-order chi connectivity index (χ0) is 18.2. The molecular formula is C19H24N6O. The summed E-state index contributed by atoms with van der Waals surface area (Å²) in [5.41, 5.74) is 3.13. The summed E-state index contributed by atoms with van der Waals surface area (Å²) in [5, 5.41) is 17.2. The molecule has 1 aliphatic carbocycles. The number of anilines is 4. The Morgan fingerprint density at radius 2 is 1.96 bits per heavy atom. The minimum atomic E-state index is -0.0922. The van der Waals surface area contributed by atoms with Crippen LogP contribution in [0.2, 0.25) is 0 Å². The van der Waals surface area contributed by atoms with Crippen molar-refractivity contribution in [2.45, 2.75) is 39.0 Å². The molecule has 0 saturated heterocycles. The van der Waals surface area contributed by atoms with E-state index in [0.717, 1.165) is 24.3 Å². The molecule has 1 aliphatic rings. The molecule has 2 aromatic rings. The lowest BCUT2D eigenvalue weighted by Gasteiger charge is -2.13. The number of hydrogen-bond acceptors (Lipinski definition) is 6. The molecule has 0 bridgehead atoms. The third-order valence-corrected chi connectivity index (χ3v) is 4.15. The molecule has 26 heavy (non-hydrogen) atoms. The molecule has 0 atom stereocenters. The second-order valence-electron chi connectivity index (χ2n) is 6.33. The number of carbonyl (C=O) groups is 1. The maximum Gasteiger partial charge on any atom is 0.244 e. The highest BCUT2D eigenvalue weighted by molar-refractivity contribution is 5.88. The SMILES string of the molecule is CC(=O)Nc1ccc(Nc2cnnc(NCCC3=CCCCC3)n2)cc1. The highest BCUT2D eigenvalue weighted by Crippen LogP contribution is 2.20. The van der Waals surface area contributed by atoms with Crippen LogP contribution in [0.1, 0.15) is 39.0 Å². The molecule has 0 radical (unpaired) electrons. The summed E-state index contributed by atoms with van der Waals surface area (Å²) in [6.45, 7) is 2.29. The Balaban J connectivity index is 1.53. The fourth-order valence-corrected chi connectivity index (χ4v) is 2.89. The average molecular weight is 352 g/mol. The van der Waals surface area contributed by atoms with Gasteiger partial charge in [0.2, 0.25) is 11.9 Å². The third-order valence-electron chi connectivity index (χ3n) is 4.15. The van der Waals surface area contributed by atoms with Crippen molar-refractivity contribution in [2.75, 3.05) is 22.5 Å². The topological polar surface area (TPSA) is 91.8 Å². The summed E-state index contributed by atoms with van der Waals surface area (Å²) >= 11 is 0. The van der Waals surface area contributed by atoms with Crippen LogP contribution in [0.15, 0.2) is 42.1 Å². The number of carbonyl (C=O) groups excluding carboxylic acids is 1. The molecule has 1 amide bonds. The van der Waals surface area contributed by atoms with Gasteiger partial charge in [0.1, 0.15) is 0 Å². The van der Waals surface area contributed by atoms with Crippen molar-refractivity contribution < 1.29 is 4.79 Å². The van der Waals surface area contributed by atoms with E-state index >= 15 is 0 Å². The van der Waals surface area contributed by atoms with Crippen molar-refractivity contribution in [1.29, 1.82) is 0 Å². The van der Waals surface area contributed by atoms with Gasteiger partial charge >= 0.3 is 0 Å². The van der Waals surface area contributed by atoms with Gasteiger partial charge in [-0.1, -0.05) is 11.6 Å². The molecule has 3 N–H and O–H groups in total. The van der Waals surface area contributed by atoms with E-state index in [1.54, 1.807) is 6.20 Å². The Bertz CT molecular complexity index is 772. The Kier molecular flexibility index (Phi) is 6.14. The second kappa shape index (κ2) is 8.94. The minimum Gasteiger partial charge on any atom is -0.353 e. The predicted molar refractivity (Wildman–Crippen MR) is 104 cm³/mol. The van der Waals surface area contributed by atoms with E-state index in [1.807, 2.05) is 24.3 Å². The smallest absolute Gasteiger partial charge is 0.244 e. The van der Waals surface area contributed by atoms with Crippen molar-refractivity contribution in [3.05, 3.63) is 42.1 Å². The average Bonchev–Trinajstić information content (AvgIpc) is 2.64. The summed E-state index contributed by atoms with van der Waals surface area (Å²) < 4.78 is 0. The molecule has 136 valence electrons. The number of nitrogens with one attached hydrogen (secondary N) is 3. The van der Waals surface area contributed by atoms with Crippen LogP contribution in [0.3, 0.4) is 0 Å². The maximum atomic E-state index is 11.1. The molecule has 0 saturated carbocycles. The Morgan fingerprint density at radius 1 is 1.15 bits per heavy atom. The van der Waals surface area contributed by atoms with Gasteiger partial charge in [0.05, 0.1) is 6.20 Å². The Labute approximate surface area is 153 Å². The molecule has 0 aliphatic heterocycles. The summed E-state index contributed by atoms with van der Waals surface area (Å²) in [4.78, 5) is 15.5. The quantitative estimate of drug-likeness (QED) is 0.655. The summed E-state index contributed by atoms with van der Waals surface area (Å²) in [7, 11) is 0. The van der Waals surface area contributed by atoms with Crippen LogP contribution in [0.25, 0.3) is 0 Å². The number of benzene rings is 1. The number of nitrogens with zero attached hydrogens (tertiary/aromatic N) is 3. The Hall–Kier alpha value is -2.96. The van der Waals surface area contributed by atoms with Gasteiger partial charge in [-0.2, -0.15) is 10.1 Å². The maximum absolute atomic E-state index is 11.1. The largest absolute Gasteiger partial charge is 0.353 e. The van der Waals surface area contributed by atoms with E-state index in [9.17, 15) is 4.79 Å². The van der Waals surface area contributed by atoms with Gasteiger partial charge in [-0.3, -0.25) is 4.79 Å². The number of aromatic nitrogens is 3. The fourth-order valence-electron chi connectivity index (χ4n) is 2.89. The van der Waals surface area contributed by atoms with Gasteiger partial charge in [0, 0.05) is 24.8 Å². The molecule has 0 unspecified atom stereocenters. The number of hydrogen-bond donors (Lipinski definition) is 3. The number of allylic oxidation sites excluding steroid dienone is 1. The van der Waals surface area contributed by atoms with Gasteiger partial charge in [0.25, 0.3) is 0 Å². The van der Waals surface area contributed by atoms with Gasteiger partial charge < -0.3 is 16.0 Å². The Morgan fingerprint density at radius 3 is 2.69 bits per heavy atom. The molecule has 1 aromatic heterocycles. The first kappa shape index (κ1) is 17.8. The first-order valence-electron chi connectivity index (χ1n) is 8.95. The monoisotopic (exact) mass is 352 g/mol. The molecule has 7 nitrogen and oxygen atoms in total. The van der Waals surface area contributed by atoms with Crippen LogP contribution in [0, 0.1) is 0 Å². The first-order valence-corrected chi connectivity index (χ1v) is 8.95. The van der Waals surface area contributed by atoms with Gasteiger partial charge in [0.15, 0.2) is 5.82 Å². The van der Waals surface area contributed by atoms with Crippen LogP contribution in [-0.4, -0.2) is 27.6 Å². The molecule has 0 fully saturated rings.